The average molecular weight is 321 g/mol. The van der Waals surface area contributed by atoms with Gasteiger partial charge in [-0.1, -0.05) is 12.5 Å². The topological polar surface area (TPSA) is 60.9 Å². The lowest BCUT2D eigenvalue weighted by Crippen LogP contribution is -2.44. The average Bonchev–Trinajstić information content (AvgIpc) is 3.11. The highest BCUT2D eigenvalue weighted by Gasteiger charge is 2.44. The Morgan fingerprint density at radius 1 is 1.00 bits per heavy atom. The molecule has 2 saturated heterocycles. The van der Waals surface area contributed by atoms with Crippen molar-refractivity contribution in [2.75, 3.05) is 26.3 Å². The minimum Gasteiger partial charge on any atom is -0.285 e. The van der Waals surface area contributed by atoms with Gasteiger partial charge in [-0.15, -0.1) is 11.3 Å². The van der Waals surface area contributed by atoms with E-state index in [9.17, 15) is 14.4 Å². The summed E-state index contributed by atoms with van der Waals surface area (Å²) in [6.07, 6.45) is 3.93. The van der Waals surface area contributed by atoms with Gasteiger partial charge in [0.15, 0.2) is 0 Å². The number of imide groups is 2. The maximum atomic E-state index is 12.3. The first-order valence-corrected chi connectivity index (χ1v) is 8.47. The Balaban J connectivity index is 1.62. The molecule has 0 radical (unpaired) electrons. The number of urea groups is 1. The number of hydrogen-bond donors (Lipinski definition) is 0. The zero-order valence-corrected chi connectivity index (χ0v) is 13.2. The van der Waals surface area contributed by atoms with Crippen LogP contribution in [0.2, 0.25) is 0 Å². The summed E-state index contributed by atoms with van der Waals surface area (Å²) in [5.41, 5.74) is 0. The number of rotatable bonds is 5. The third-order valence-electron chi connectivity index (χ3n) is 4.09. The molecule has 0 spiro atoms. The molecule has 0 aliphatic carbocycles. The van der Waals surface area contributed by atoms with Crippen molar-refractivity contribution in [3.8, 4) is 0 Å². The molecule has 4 amide bonds. The van der Waals surface area contributed by atoms with Crippen molar-refractivity contribution in [2.24, 2.45) is 0 Å². The number of amides is 4. The highest BCUT2D eigenvalue weighted by atomic mass is 32.1. The molecule has 0 atom stereocenters. The summed E-state index contributed by atoms with van der Waals surface area (Å²) in [6.45, 7) is 2.25. The first-order chi connectivity index (χ1) is 10.7. The van der Waals surface area contributed by atoms with Crippen LogP contribution in [0.4, 0.5) is 4.79 Å². The summed E-state index contributed by atoms with van der Waals surface area (Å²) < 4.78 is 0. The second kappa shape index (κ2) is 6.58. The van der Waals surface area contributed by atoms with E-state index >= 15 is 0 Å². The third kappa shape index (κ3) is 3.05. The Kier molecular flexibility index (Phi) is 4.54. The van der Waals surface area contributed by atoms with Crippen LogP contribution in [-0.4, -0.2) is 58.8 Å². The monoisotopic (exact) mass is 321 g/mol. The van der Waals surface area contributed by atoms with Crippen LogP contribution in [0, 0.1) is 0 Å². The minimum atomic E-state index is -0.696. The normalized spacial score (nSPS) is 20.3. The van der Waals surface area contributed by atoms with E-state index in [1.54, 1.807) is 11.3 Å². The van der Waals surface area contributed by atoms with E-state index in [1.807, 2.05) is 17.5 Å². The summed E-state index contributed by atoms with van der Waals surface area (Å²) in [6, 6.07) is 3.42. The lowest BCUT2D eigenvalue weighted by molar-refractivity contribution is -0.144. The van der Waals surface area contributed by atoms with Crippen molar-refractivity contribution in [3.63, 3.8) is 0 Å². The summed E-state index contributed by atoms with van der Waals surface area (Å²) in [5.74, 6) is -1.39. The molecular weight excluding hydrogens is 302 g/mol. The molecule has 0 aromatic carbocycles. The van der Waals surface area contributed by atoms with Crippen molar-refractivity contribution >= 4 is 29.2 Å². The number of carbonyl (C=O) groups is 3. The molecule has 0 bridgehead atoms. The fourth-order valence-electron chi connectivity index (χ4n) is 2.85. The molecule has 1 aromatic heterocycles. The van der Waals surface area contributed by atoms with Gasteiger partial charge in [-0.05, 0) is 37.4 Å². The largest absolute Gasteiger partial charge is 0.335 e. The highest BCUT2D eigenvalue weighted by molar-refractivity contribution is 7.09. The van der Waals surface area contributed by atoms with Crippen molar-refractivity contribution in [2.45, 2.75) is 25.7 Å². The van der Waals surface area contributed by atoms with Gasteiger partial charge in [0.25, 0.3) is 0 Å². The molecule has 0 N–H and O–H groups in total. The third-order valence-corrected chi connectivity index (χ3v) is 5.02. The lowest BCUT2D eigenvalue weighted by Gasteiger charge is -2.29. The van der Waals surface area contributed by atoms with Gasteiger partial charge in [-0.3, -0.25) is 19.4 Å². The first kappa shape index (κ1) is 15.2. The maximum Gasteiger partial charge on any atom is 0.335 e. The zero-order chi connectivity index (χ0) is 15.5. The number of likely N-dealkylation sites (tertiary alicyclic amines) is 1. The Bertz CT molecular complexity index is 567. The number of carbonyl (C=O) groups excluding carboxylic acids is 3. The predicted molar refractivity (Wildman–Crippen MR) is 82.3 cm³/mol. The Morgan fingerprint density at radius 2 is 1.73 bits per heavy atom. The number of thiophene rings is 1. The van der Waals surface area contributed by atoms with Crippen LogP contribution in [0.3, 0.4) is 0 Å². The van der Waals surface area contributed by atoms with E-state index < -0.39 is 17.8 Å². The van der Waals surface area contributed by atoms with Crippen LogP contribution >= 0.6 is 11.3 Å². The Morgan fingerprint density at radius 3 is 2.41 bits per heavy atom. The Labute approximate surface area is 133 Å². The molecule has 2 aliphatic rings. The van der Waals surface area contributed by atoms with Crippen LogP contribution in [0.1, 0.15) is 24.1 Å². The van der Waals surface area contributed by atoms with Crippen LogP contribution in [0.5, 0.6) is 0 Å². The van der Waals surface area contributed by atoms with E-state index in [4.69, 9.17) is 0 Å². The van der Waals surface area contributed by atoms with Gasteiger partial charge < -0.3 is 0 Å². The van der Waals surface area contributed by atoms with Gasteiger partial charge in [0.1, 0.15) is 0 Å². The van der Waals surface area contributed by atoms with Gasteiger partial charge in [-0.25, -0.2) is 9.69 Å². The van der Waals surface area contributed by atoms with E-state index in [2.05, 4.69) is 4.90 Å². The van der Waals surface area contributed by atoms with Crippen LogP contribution in [-0.2, 0) is 16.0 Å². The van der Waals surface area contributed by atoms with E-state index in [1.165, 1.54) is 6.42 Å². The van der Waals surface area contributed by atoms with Gasteiger partial charge in [0.05, 0.1) is 6.67 Å². The number of piperidine rings is 1. The molecule has 118 valence electrons. The molecule has 1 aromatic rings. The molecular formula is C15H19N3O3S. The van der Waals surface area contributed by atoms with E-state index in [0.29, 0.717) is 6.42 Å². The highest BCUT2D eigenvalue weighted by Crippen LogP contribution is 2.17. The molecule has 6 nitrogen and oxygen atoms in total. The van der Waals surface area contributed by atoms with Gasteiger partial charge in [0.2, 0.25) is 0 Å². The zero-order valence-electron chi connectivity index (χ0n) is 12.4. The molecule has 3 rings (SSSR count). The summed E-state index contributed by atoms with van der Waals surface area (Å²) >= 11 is 1.58. The SMILES string of the molecule is O=C1C(=O)N(CN2CCCCC2)C(=O)N1CCc1cccs1. The molecule has 0 unspecified atom stereocenters. The standard InChI is InChI=1S/C15H19N3O3S/c19-13-14(20)18(11-16-7-2-1-3-8-16)15(21)17(13)9-6-12-5-4-10-22-12/h4-5,10H,1-3,6-9,11H2. The second-order valence-electron chi connectivity index (χ2n) is 5.62. The van der Waals surface area contributed by atoms with Crippen LogP contribution in [0.25, 0.3) is 0 Å². The van der Waals surface area contributed by atoms with Crippen molar-refractivity contribution in [3.05, 3.63) is 22.4 Å². The second-order valence-corrected chi connectivity index (χ2v) is 6.65. The smallest absolute Gasteiger partial charge is 0.285 e. The molecule has 0 saturated carbocycles. The summed E-state index contributed by atoms with van der Waals surface area (Å²) in [7, 11) is 0. The van der Waals surface area contributed by atoms with Gasteiger partial charge in [0, 0.05) is 17.8 Å². The van der Waals surface area contributed by atoms with E-state index in [-0.39, 0.29) is 13.2 Å². The molecule has 7 heteroatoms. The van der Waals surface area contributed by atoms with Crippen molar-refractivity contribution in [1.29, 1.82) is 0 Å². The van der Waals surface area contributed by atoms with Crippen LogP contribution in [0.15, 0.2) is 17.5 Å². The first-order valence-electron chi connectivity index (χ1n) is 7.59. The predicted octanol–water partition coefficient (Wildman–Crippen LogP) is 1.52. The molecule has 2 aliphatic heterocycles. The maximum absolute atomic E-state index is 12.3. The fraction of sp³-hybridized carbons (Fsp3) is 0.533. The van der Waals surface area contributed by atoms with Crippen LogP contribution < -0.4 is 0 Å². The summed E-state index contributed by atoms with van der Waals surface area (Å²) in [4.78, 5) is 41.7. The quantitative estimate of drug-likeness (QED) is 0.609. The summed E-state index contributed by atoms with van der Waals surface area (Å²) in [5, 5.41) is 1.96. The molecule has 22 heavy (non-hydrogen) atoms. The van der Waals surface area contributed by atoms with Crippen molar-refractivity contribution in [1.82, 2.24) is 14.7 Å². The Hall–Kier alpha value is -1.73. The molecule has 3 heterocycles. The minimum absolute atomic E-state index is 0.235. The number of hydrogen-bond acceptors (Lipinski definition) is 5. The fourth-order valence-corrected chi connectivity index (χ4v) is 3.55. The lowest BCUT2D eigenvalue weighted by atomic mass is 10.1. The molecule has 2 fully saturated rings. The van der Waals surface area contributed by atoms with Gasteiger partial charge >= 0.3 is 17.8 Å². The number of nitrogens with zero attached hydrogens (tertiary/aromatic N) is 3. The van der Waals surface area contributed by atoms with E-state index in [0.717, 1.165) is 40.6 Å². The van der Waals surface area contributed by atoms with Gasteiger partial charge in [-0.2, -0.15) is 0 Å². The van der Waals surface area contributed by atoms with Crippen molar-refractivity contribution < 1.29 is 14.4 Å².